The second kappa shape index (κ2) is 9.99. The number of halogens is 1. The molecule has 0 saturated carbocycles. The van der Waals surface area contributed by atoms with Gasteiger partial charge in [-0.3, -0.25) is 0 Å². The van der Waals surface area contributed by atoms with Crippen LogP contribution in [-0.2, 0) is 4.74 Å². The quantitative estimate of drug-likeness (QED) is 0.550. The number of carbonyl (C=O) groups excluding carboxylic acids is 1. The minimum Gasteiger partial charge on any atom is -0.462 e. The molecule has 0 heterocycles. The minimum absolute atomic E-state index is 0.306. The Labute approximate surface area is 164 Å². The molecule has 0 radical (unpaired) electrons. The lowest BCUT2D eigenvalue weighted by atomic mass is 10.2. The third-order valence-corrected chi connectivity index (χ3v) is 4.21. The van der Waals surface area contributed by atoms with Gasteiger partial charge in [0.05, 0.1) is 17.2 Å². The minimum atomic E-state index is -0.436. The van der Waals surface area contributed by atoms with E-state index in [-0.39, 0.29) is 0 Å². The Bertz CT molecular complexity index is 756. The first-order valence-corrected chi connectivity index (χ1v) is 9.07. The SMILES string of the molecule is CCOC(=O)c1ccc(NC(=S)NCCN(C)c2ccccc2)cc1Cl. The number of carbonyl (C=O) groups is 1. The maximum atomic E-state index is 11.8. The van der Waals surface area contributed by atoms with E-state index >= 15 is 0 Å². The zero-order chi connectivity index (χ0) is 18.9. The lowest BCUT2D eigenvalue weighted by molar-refractivity contribution is 0.0526. The van der Waals surface area contributed by atoms with E-state index in [9.17, 15) is 4.79 Å². The number of rotatable bonds is 7. The fourth-order valence-corrected chi connectivity index (χ4v) is 2.77. The van der Waals surface area contributed by atoms with Crippen LogP contribution in [0, 0.1) is 0 Å². The number of ether oxygens (including phenoxy) is 1. The predicted octanol–water partition coefficient (Wildman–Crippen LogP) is 3.94. The lowest BCUT2D eigenvalue weighted by Gasteiger charge is -2.20. The molecular formula is C19H22ClN3O2S. The molecule has 0 aliphatic rings. The van der Waals surface area contributed by atoms with Crippen LogP contribution in [0.5, 0.6) is 0 Å². The summed E-state index contributed by atoms with van der Waals surface area (Å²) in [5.41, 5.74) is 2.19. The normalized spacial score (nSPS) is 10.1. The highest BCUT2D eigenvalue weighted by molar-refractivity contribution is 7.80. The van der Waals surface area contributed by atoms with Crippen LogP contribution in [0.25, 0.3) is 0 Å². The van der Waals surface area contributed by atoms with E-state index in [0.29, 0.717) is 34.5 Å². The van der Waals surface area contributed by atoms with Crippen molar-refractivity contribution < 1.29 is 9.53 Å². The van der Waals surface area contributed by atoms with Crippen molar-refractivity contribution in [3.8, 4) is 0 Å². The molecule has 7 heteroatoms. The summed E-state index contributed by atoms with van der Waals surface area (Å²) in [4.78, 5) is 13.9. The topological polar surface area (TPSA) is 53.6 Å². The van der Waals surface area contributed by atoms with Gasteiger partial charge < -0.3 is 20.3 Å². The summed E-state index contributed by atoms with van der Waals surface area (Å²) in [5, 5.41) is 7.02. The second-order valence-corrected chi connectivity index (χ2v) is 6.37. The number of likely N-dealkylation sites (N-methyl/N-ethyl adjacent to an activating group) is 1. The van der Waals surface area contributed by atoms with Crippen LogP contribution in [0.3, 0.4) is 0 Å². The van der Waals surface area contributed by atoms with E-state index in [2.05, 4.69) is 27.7 Å². The van der Waals surface area contributed by atoms with Gasteiger partial charge in [0.15, 0.2) is 5.11 Å². The Morgan fingerprint density at radius 1 is 1.23 bits per heavy atom. The summed E-state index contributed by atoms with van der Waals surface area (Å²) in [7, 11) is 2.03. The molecule has 2 aromatic rings. The van der Waals surface area contributed by atoms with Gasteiger partial charge in [-0.2, -0.15) is 0 Å². The van der Waals surface area contributed by atoms with Crippen LogP contribution in [0.15, 0.2) is 48.5 Å². The van der Waals surface area contributed by atoms with Gasteiger partial charge >= 0.3 is 5.97 Å². The monoisotopic (exact) mass is 391 g/mol. The summed E-state index contributed by atoms with van der Waals surface area (Å²) >= 11 is 11.4. The van der Waals surface area contributed by atoms with E-state index in [1.165, 1.54) is 0 Å². The molecule has 0 amide bonds. The van der Waals surface area contributed by atoms with E-state index in [1.807, 2.05) is 25.2 Å². The van der Waals surface area contributed by atoms with Gasteiger partial charge in [-0.15, -0.1) is 0 Å². The van der Waals surface area contributed by atoms with E-state index in [1.54, 1.807) is 25.1 Å². The molecule has 0 bridgehead atoms. The van der Waals surface area contributed by atoms with Crippen LogP contribution in [0.1, 0.15) is 17.3 Å². The first-order chi connectivity index (χ1) is 12.5. The Kier molecular flexibility index (Phi) is 7.69. The van der Waals surface area contributed by atoms with E-state index in [4.69, 9.17) is 28.6 Å². The van der Waals surface area contributed by atoms with Crippen molar-refractivity contribution in [2.75, 3.05) is 37.0 Å². The molecular weight excluding hydrogens is 370 g/mol. The van der Waals surface area contributed by atoms with Gasteiger partial charge in [0.1, 0.15) is 0 Å². The summed E-state index contributed by atoms with van der Waals surface area (Å²) < 4.78 is 4.96. The van der Waals surface area contributed by atoms with Crippen LogP contribution in [0.4, 0.5) is 11.4 Å². The number of para-hydroxylation sites is 1. The molecule has 2 aromatic carbocycles. The molecule has 5 nitrogen and oxygen atoms in total. The first kappa shape index (κ1) is 20.0. The smallest absolute Gasteiger partial charge is 0.339 e. The highest BCUT2D eigenvalue weighted by Crippen LogP contribution is 2.21. The zero-order valence-corrected chi connectivity index (χ0v) is 16.4. The van der Waals surface area contributed by atoms with E-state index < -0.39 is 5.97 Å². The number of hydrogen-bond acceptors (Lipinski definition) is 4. The molecule has 138 valence electrons. The average molecular weight is 392 g/mol. The van der Waals surface area contributed by atoms with Crippen LogP contribution < -0.4 is 15.5 Å². The average Bonchev–Trinajstić information content (AvgIpc) is 2.62. The fraction of sp³-hybridized carbons (Fsp3) is 0.263. The second-order valence-electron chi connectivity index (χ2n) is 5.55. The largest absolute Gasteiger partial charge is 0.462 e. The number of benzene rings is 2. The molecule has 0 spiro atoms. The predicted molar refractivity (Wildman–Crippen MR) is 111 cm³/mol. The molecule has 0 aromatic heterocycles. The lowest BCUT2D eigenvalue weighted by Crippen LogP contribution is -2.35. The third kappa shape index (κ3) is 5.89. The van der Waals surface area contributed by atoms with Gasteiger partial charge in [0.25, 0.3) is 0 Å². The van der Waals surface area contributed by atoms with Crippen molar-refractivity contribution in [1.29, 1.82) is 0 Å². The van der Waals surface area contributed by atoms with Crippen LogP contribution >= 0.6 is 23.8 Å². The summed E-state index contributed by atoms with van der Waals surface area (Å²) in [6.45, 7) is 3.54. The third-order valence-electron chi connectivity index (χ3n) is 3.65. The van der Waals surface area contributed by atoms with Gasteiger partial charge in [-0.25, -0.2) is 4.79 Å². The fourth-order valence-electron chi connectivity index (χ4n) is 2.29. The Hall–Kier alpha value is -2.31. The number of hydrogen-bond donors (Lipinski definition) is 2. The highest BCUT2D eigenvalue weighted by Gasteiger charge is 2.12. The van der Waals surface area contributed by atoms with Gasteiger partial charge in [0, 0.05) is 31.5 Å². The maximum absolute atomic E-state index is 11.8. The Morgan fingerprint density at radius 3 is 2.62 bits per heavy atom. The number of esters is 1. The Balaban J connectivity index is 1.82. The summed E-state index contributed by atoms with van der Waals surface area (Å²) in [5.74, 6) is -0.436. The molecule has 2 N–H and O–H groups in total. The summed E-state index contributed by atoms with van der Waals surface area (Å²) in [6, 6.07) is 15.1. The van der Waals surface area contributed by atoms with Crippen molar-refractivity contribution in [2.45, 2.75) is 6.92 Å². The van der Waals surface area contributed by atoms with Crippen molar-refractivity contribution in [2.24, 2.45) is 0 Å². The van der Waals surface area contributed by atoms with E-state index in [0.717, 1.165) is 12.2 Å². The van der Waals surface area contributed by atoms with Crippen molar-refractivity contribution in [3.63, 3.8) is 0 Å². The van der Waals surface area contributed by atoms with Crippen molar-refractivity contribution in [1.82, 2.24) is 5.32 Å². The molecule has 2 rings (SSSR count). The number of nitrogens with one attached hydrogen (secondary N) is 2. The summed E-state index contributed by atoms with van der Waals surface area (Å²) in [6.07, 6.45) is 0. The number of anilines is 2. The van der Waals surface area contributed by atoms with Gasteiger partial charge in [-0.05, 0) is 49.5 Å². The molecule has 0 aliphatic carbocycles. The van der Waals surface area contributed by atoms with Crippen molar-refractivity contribution in [3.05, 3.63) is 59.1 Å². The van der Waals surface area contributed by atoms with Crippen molar-refractivity contribution >= 4 is 46.3 Å². The molecule has 0 atom stereocenters. The molecule has 0 aliphatic heterocycles. The molecule has 0 fully saturated rings. The molecule has 0 saturated heterocycles. The Morgan fingerprint density at radius 2 is 1.96 bits per heavy atom. The number of nitrogens with zero attached hydrogens (tertiary/aromatic N) is 1. The molecule has 0 unspecified atom stereocenters. The molecule has 26 heavy (non-hydrogen) atoms. The zero-order valence-electron chi connectivity index (χ0n) is 14.8. The maximum Gasteiger partial charge on any atom is 0.339 e. The van der Waals surface area contributed by atoms with Crippen LogP contribution in [-0.4, -0.2) is 37.8 Å². The van der Waals surface area contributed by atoms with Gasteiger partial charge in [-0.1, -0.05) is 29.8 Å². The van der Waals surface area contributed by atoms with Crippen LogP contribution in [0.2, 0.25) is 5.02 Å². The number of thiocarbonyl (C=S) groups is 1. The first-order valence-electron chi connectivity index (χ1n) is 8.29. The standard InChI is InChI=1S/C19H22ClN3O2S/c1-3-25-18(24)16-10-9-14(13-17(16)20)22-19(26)21-11-12-23(2)15-7-5-4-6-8-15/h4-10,13H,3,11-12H2,1-2H3,(H2,21,22,26). The van der Waals surface area contributed by atoms with Gasteiger partial charge in [0.2, 0.25) is 0 Å². The highest BCUT2D eigenvalue weighted by atomic mass is 35.5.